The van der Waals surface area contributed by atoms with Gasteiger partial charge in [-0.25, -0.2) is 4.98 Å². The highest BCUT2D eigenvalue weighted by Crippen LogP contribution is 2.31. The summed E-state index contributed by atoms with van der Waals surface area (Å²) in [5, 5.41) is 4.55. The van der Waals surface area contributed by atoms with Gasteiger partial charge in [-0.2, -0.15) is 0 Å². The second-order valence-electron chi connectivity index (χ2n) is 5.16. The van der Waals surface area contributed by atoms with Crippen LogP contribution < -0.4 is 10.2 Å². The van der Waals surface area contributed by atoms with Crippen molar-refractivity contribution in [3.8, 4) is 0 Å². The molecule has 1 aromatic heterocycles. The molecule has 0 aromatic carbocycles. The van der Waals surface area contributed by atoms with Crippen LogP contribution in [-0.2, 0) is 11.3 Å². The van der Waals surface area contributed by atoms with E-state index in [1.54, 1.807) is 7.11 Å². The average molecular weight is 299 g/mol. The summed E-state index contributed by atoms with van der Waals surface area (Å²) in [5.41, 5.74) is 1.27. The van der Waals surface area contributed by atoms with Gasteiger partial charge in [0.2, 0.25) is 0 Å². The Balaban J connectivity index is 2.78. The molecular weight excluding hydrogens is 270 g/mol. The van der Waals surface area contributed by atoms with Gasteiger partial charge in [0.15, 0.2) is 5.13 Å². The fourth-order valence-electron chi connectivity index (χ4n) is 2.00. The standard InChI is InChI=1S/C15H29N3OS/c1-6-12(3)14-13(11-16-7-2)20-15(17-14)18(4)9-8-10-19-5/h12,16H,6-11H2,1-5H3. The molecule has 0 aliphatic carbocycles. The molecule has 1 N–H and O–H groups in total. The van der Waals surface area contributed by atoms with Crippen molar-refractivity contribution < 1.29 is 4.74 Å². The number of nitrogens with zero attached hydrogens (tertiary/aromatic N) is 2. The Labute approximate surface area is 127 Å². The molecule has 5 heteroatoms. The summed E-state index contributed by atoms with van der Waals surface area (Å²) < 4.78 is 5.11. The van der Waals surface area contributed by atoms with Gasteiger partial charge in [0.05, 0.1) is 5.69 Å². The summed E-state index contributed by atoms with van der Waals surface area (Å²) in [7, 11) is 3.87. The first-order valence-corrected chi connectivity index (χ1v) is 8.36. The number of hydrogen-bond acceptors (Lipinski definition) is 5. The van der Waals surface area contributed by atoms with Crippen molar-refractivity contribution in [1.29, 1.82) is 0 Å². The molecule has 0 spiro atoms. The summed E-state index contributed by atoms with van der Waals surface area (Å²) in [4.78, 5) is 8.50. The Bertz CT molecular complexity index is 381. The fourth-order valence-corrected chi connectivity index (χ4v) is 3.14. The molecule has 0 aliphatic heterocycles. The lowest BCUT2D eigenvalue weighted by Crippen LogP contribution is -2.19. The lowest BCUT2D eigenvalue weighted by Gasteiger charge is -2.15. The van der Waals surface area contributed by atoms with E-state index in [1.807, 2.05) is 11.3 Å². The summed E-state index contributed by atoms with van der Waals surface area (Å²) in [6.07, 6.45) is 2.17. The second kappa shape index (κ2) is 9.32. The molecule has 0 amide bonds. The average Bonchev–Trinajstić information content (AvgIpc) is 2.88. The first-order chi connectivity index (χ1) is 9.63. The molecular formula is C15H29N3OS. The zero-order valence-corrected chi connectivity index (χ0v) is 14.3. The van der Waals surface area contributed by atoms with Crippen molar-refractivity contribution in [2.24, 2.45) is 0 Å². The van der Waals surface area contributed by atoms with E-state index >= 15 is 0 Å². The van der Waals surface area contributed by atoms with Crippen LogP contribution in [-0.4, -0.2) is 38.8 Å². The third-order valence-corrected chi connectivity index (χ3v) is 4.68. The maximum absolute atomic E-state index is 5.11. The molecule has 0 aliphatic rings. The number of thiazole rings is 1. The van der Waals surface area contributed by atoms with E-state index in [9.17, 15) is 0 Å². The van der Waals surface area contributed by atoms with Crippen molar-refractivity contribution in [2.75, 3.05) is 38.8 Å². The number of ether oxygens (including phenoxy) is 1. The Morgan fingerprint density at radius 1 is 1.40 bits per heavy atom. The molecule has 0 saturated carbocycles. The number of nitrogens with one attached hydrogen (secondary N) is 1. The normalized spacial score (nSPS) is 12.7. The van der Waals surface area contributed by atoms with Crippen molar-refractivity contribution in [3.05, 3.63) is 10.6 Å². The van der Waals surface area contributed by atoms with Crippen molar-refractivity contribution >= 4 is 16.5 Å². The lowest BCUT2D eigenvalue weighted by molar-refractivity contribution is 0.196. The molecule has 0 bridgehead atoms. The summed E-state index contributed by atoms with van der Waals surface area (Å²) in [5.74, 6) is 0.529. The number of aromatic nitrogens is 1. The molecule has 0 radical (unpaired) electrons. The quantitative estimate of drug-likeness (QED) is 0.673. The van der Waals surface area contributed by atoms with Gasteiger partial charge < -0.3 is 15.0 Å². The Morgan fingerprint density at radius 3 is 2.75 bits per heavy atom. The monoisotopic (exact) mass is 299 g/mol. The van der Waals surface area contributed by atoms with Gasteiger partial charge in [0, 0.05) is 38.7 Å². The van der Waals surface area contributed by atoms with Crippen LogP contribution in [0.5, 0.6) is 0 Å². The zero-order chi connectivity index (χ0) is 15.0. The molecule has 0 fully saturated rings. The van der Waals surface area contributed by atoms with Crippen LogP contribution in [0, 0.1) is 0 Å². The Hall–Kier alpha value is -0.650. The molecule has 116 valence electrons. The van der Waals surface area contributed by atoms with Gasteiger partial charge in [0.1, 0.15) is 0 Å². The molecule has 4 nitrogen and oxygen atoms in total. The van der Waals surface area contributed by atoms with Crippen molar-refractivity contribution in [3.63, 3.8) is 0 Å². The zero-order valence-electron chi connectivity index (χ0n) is 13.5. The predicted molar refractivity (Wildman–Crippen MR) is 88.0 cm³/mol. The minimum Gasteiger partial charge on any atom is -0.385 e. The van der Waals surface area contributed by atoms with Crippen LogP contribution in [0.2, 0.25) is 0 Å². The Kier molecular flexibility index (Phi) is 8.11. The van der Waals surface area contributed by atoms with E-state index in [0.717, 1.165) is 44.2 Å². The summed E-state index contributed by atoms with van der Waals surface area (Å²) in [6, 6.07) is 0. The first kappa shape index (κ1) is 17.4. The molecule has 20 heavy (non-hydrogen) atoms. The maximum Gasteiger partial charge on any atom is 0.185 e. The van der Waals surface area contributed by atoms with Crippen LogP contribution in [0.1, 0.15) is 50.1 Å². The van der Waals surface area contributed by atoms with E-state index in [1.165, 1.54) is 10.6 Å². The number of rotatable bonds is 10. The summed E-state index contributed by atoms with van der Waals surface area (Å²) in [6.45, 7) is 10.3. The van der Waals surface area contributed by atoms with Gasteiger partial charge in [-0.3, -0.25) is 0 Å². The SMILES string of the molecule is CCNCc1sc(N(C)CCCOC)nc1C(C)CC. The highest BCUT2D eigenvalue weighted by molar-refractivity contribution is 7.15. The number of hydrogen-bond donors (Lipinski definition) is 1. The van der Waals surface area contributed by atoms with Gasteiger partial charge in [-0.1, -0.05) is 20.8 Å². The van der Waals surface area contributed by atoms with Crippen LogP contribution in [0.4, 0.5) is 5.13 Å². The van der Waals surface area contributed by atoms with Gasteiger partial charge in [-0.15, -0.1) is 11.3 Å². The van der Waals surface area contributed by atoms with Gasteiger partial charge >= 0.3 is 0 Å². The molecule has 1 aromatic rings. The third-order valence-electron chi connectivity index (χ3n) is 3.50. The molecule has 1 heterocycles. The van der Waals surface area contributed by atoms with E-state index in [-0.39, 0.29) is 0 Å². The predicted octanol–water partition coefficient (Wildman–Crippen LogP) is 3.24. The van der Waals surface area contributed by atoms with Gasteiger partial charge in [-0.05, 0) is 25.3 Å². The lowest BCUT2D eigenvalue weighted by atomic mass is 10.0. The Morgan fingerprint density at radius 2 is 2.15 bits per heavy atom. The van der Waals surface area contributed by atoms with Crippen LogP contribution >= 0.6 is 11.3 Å². The van der Waals surface area contributed by atoms with Crippen molar-refractivity contribution in [2.45, 2.75) is 46.1 Å². The van der Waals surface area contributed by atoms with E-state index in [2.05, 4.69) is 38.0 Å². The highest BCUT2D eigenvalue weighted by Gasteiger charge is 2.17. The van der Waals surface area contributed by atoms with Gasteiger partial charge in [0.25, 0.3) is 0 Å². The molecule has 1 unspecified atom stereocenters. The fraction of sp³-hybridized carbons (Fsp3) is 0.800. The van der Waals surface area contributed by atoms with E-state index in [4.69, 9.17) is 9.72 Å². The molecule has 1 rings (SSSR count). The minimum atomic E-state index is 0.529. The van der Waals surface area contributed by atoms with Crippen LogP contribution in [0.3, 0.4) is 0 Å². The maximum atomic E-state index is 5.11. The first-order valence-electron chi connectivity index (χ1n) is 7.54. The molecule has 0 saturated heterocycles. The van der Waals surface area contributed by atoms with Crippen molar-refractivity contribution in [1.82, 2.24) is 10.3 Å². The van der Waals surface area contributed by atoms with Crippen LogP contribution in [0.15, 0.2) is 0 Å². The minimum absolute atomic E-state index is 0.529. The van der Waals surface area contributed by atoms with Crippen LogP contribution in [0.25, 0.3) is 0 Å². The van der Waals surface area contributed by atoms with E-state index in [0.29, 0.717) is 5.92 Å². The largest absolute Gasteiger partial charge is 0.385 e. The topological polar surface area (TPSA) is 37.4 Å². The second-order valence-corrected chi connectivity index (χ2v) is 6.22. The number of anilines is 1. The van der Waals surface area contributed by atoms with E-state index < -0.39 is 0 Å². The smallest absolute Gasteiger partial charge is 0.185 e. The highest BCUT2D eigenvalue weighted by atomic mass is 32.1. The number of methoxy groups -OCH3 is 1. The summed E-state index contributed by atoms with van der Waals surface area (Å²) >= 11 is 1.82. The third kappa shape index (κ3) is 5.04. The molecule has 1 atom stereocenters.